The number of aromatic nitrogens is 2. The van der Waals surface area contributed by atoms with Crippen molar-refractivity contribution in [2.45, 2.75) is 6.92 Å². The van der Waals surface area contributed by atoms with Crippen molar-refractivity contribution in [2.75, 3.05) is 5.73 Å². The summed E-state index contributed by atoms with van der Waals surface area (Å²) < 4.78 is 0. The second-order valence-corrected chi connectivity index (χ2v) is 3.26. The Balaban J connectivity index is 2.59. The monoisotopic (exact) mass is 201 g/mol. The molecule has 2 aromatic rings. The summed E-state index contributed by atoms with van der Waals surface area (Å²) in [5.74, 6) is 0.165. The predicted molar refractivity (Wildman–Crippen MR) is 58.3 cm³/mol. The van der Waals surface area contributed by atoms with Crippen LogP contribution in [0.2, 0.25) is 0 Å². The van der Waals surface area contributed by atoms with Crippen molar-refractivity contribution < 1.29 is 5.11 Å². The summed E-state index contributed by atoms with van der Waals surface area (Å²) in [6.07, 6.45) is 3.39. The smallest absolute Gasteiger partial charge is 0.166 e. The molecule has 0 saturated carbocycles. The fourth-order valence-corrected chi connectivity index (χ4v) is 1.44. The van der Waals surface area contributed by atoms with E-state index >= 15 is 0 Å². The first-order valence-electron chi connectivity index (χ1n) is 4.55. The first-order chi connectivity index (χ1) is 7.18. The molecule has 4 nitrogen and oxygen atoms in total. The van der Waals surface area contributed by atoms with Crippen LogP contribution in [0.4, 0.5) is 5.82 Å². The van der Waals surface area contributed by atoms with Crippen LogP contribution in [0.5, 0.6) is 5.75 Å². The quantitative estimate of drug-likeness (QED) is 0.737. The number of aromatic hydroxyl groups is 1. The van der Waals surface area contributed by atoms with Crippen molar-refractivity contribution in [2.24, 2.45) is 0 Å². The number of pyridine rings is 2. The number of hydrogen-bond acceptors (Lipinski definition) is 4. The van der Waals surface area contributed by atoms with Gasteiger partial charge >= 0.3 is 0 Å². The third-order valence-electron chi connectivity index (χ3n) is 2.21. The molecule has 2 aromatic heterocycles. The van der Waals surface area contributed by atoms with E-state index in [1.54, 1.807) is 18.5 Å². The second-order valence-electron chi connectivity index (χ2n) is 3.26. The zero-order chi connectivity index (χ0) is 10.8. The summed E-state index contributed by atoms with van der Waals surface area (Å²) >= 11 is 0. The van der Waals surface area contributed by atoms with Gasteiger partial charge in [0.2, 0.25) is 0 Å². The summed E-state index contributed by atoms with van der Waals surface area (Å²) in [5.41, 5.74) is 8.11. The van der Waals surface area contributed by atoms with Gasteiger partial charge in [-0.25, -0.2) is 4.98 Å². The minimum Gasteiger partial charge on any atom is -0.504 e. The first kappa shape index (κ1) is 9.45. The van der Waals surface area contributed by atoms with Gasteiger partial charge in [0, 0.05) is 23.7 Å². The molecule has 2 heterocycles. The highest BCUT2D eigenvalue weighted by atomic mass is 16.3. The van der Waals surface area contributed by atoms with Gasteiger partial charge in [0.05, 0.1) is 0 Å². The van der Waals surface area contributed by atoms with E-state index in [4.69, 9.17) is 5.73 Å². The van der Waals surface area contributed by atoms with Crippen LogP contribution < -0.4 is 5.73 Å². The van der Waals surface area contributed by atoms with Gasteiger partial charge < -0.3 is 10.8 Å². The van der Waals surface area contributed by atoms with Gasteiger partial charge in [-0.05, 0) is 30.7 Å². The summed E-state index contributed by atoms with van der Waals surface area (Å²) in [5, 5.41) is 9.48. The minimum absolute atomic E-state index is 0.00686. The van der Waals surface area contributed by atoms with Gasteiger partial charge in [-0.15, -0.1) is 0 Å². The summed E-state index contributed by atoms with van der Waals surface area (Å²) in [7, 11) is 0. The lowest BCUT2D eigenvalue weighted by atomic mass is 10.1. The standard InChI is InChI=1S/C11H11N3O/c1-7-9(6-10(15)11(12)14-7)8-2-4-13-5-3-8/h2-6,15H,1H3,(H2,12,14). The Morgan fingerprint density at radius 1 is 1.27 bits per heavy atom. The van der Waals surface area contributed by atoms with E-state index in [0.29, 0.717) is 0 Å². The lowest BCUT2D eigenvalue weighted by molar-refractivity contribution is 0.476. The highest BCUT2D eigenvalue weighted by Crippen LogP contribution is 2.28. The van der Waals surface area contributed by atoms with Crippen molar-refractivity contribution in [3.63, 3.8) is 0 Å². The van der Waals surface area contributed by atoms with Crippen LogP contribution in [-0.4, -0.2) is 15.1 Å². The van der Waals surface area contributed by atoms with E-state index < -0.39 is 0 Å². The molecule has 0 unspecified atom stereocenters. The lowest BCUT2D eigenvalue weighted by Crippen LogP contribution is -1.95. The van der Waals surface area contributed by atoms with Crippen LogP contribution in [-0.2, 0) is 0 Å². The molecule has 0 bridgehead atoms. The third kappa shape index (κ3) is 1.74. The van der Waals surface area contributed by atoms with Gasteiger partial charge in [0.1, 0.15) is 0 Å². The Bertz CT molecular complexity index is 483. The first-order valence-corrected chi connectivity index (χ1v) is 4.55. The molecule has 76 valence electrons. The van der Waals surface area contributed by atoms with E-state index in [1.807, 2.05) is 19.1 Å². The Morgan fingerprint density at radius 2 is 1.93 bits per heavy atom. The van der Waals surface area contributed by atoms with E-state index in [0.717, 1.165) is 16.8 Å². The molecular weight excluding hydrogens is 190 g/mol. The topological polar surface area (TPSA) is 72.0 Å². The van der Waals surface area contributed by atoms with Gasteiger partial charge in [-0.3, -0.25) is 4.98 Å². The average Bonchev–Trinajstić information content (AvgIpc) is 2.25. The largest absolute Gasteiger partial charge is 0.504 e. The molecule has 0 aliphatic rings. The minimum atomic E-state index is 0.00686. The summed E-state index contributed by atoms with van der Waals surface area (Å²) in [4.78, 5) is 7.99. The molecular formula is C11H11N3O. The molecule has 0 aliphatic heterocycles. The van der Waals surface area contributed by atoms with Crippen LogP contribution in [0, 0.1) is 6.92 Å². The number of hydrogen-bond donors (Lipinski definition) is 2. The van der Waals surface area contributed by atoms with Gasteiger partial charge in [0.15, 0.2) is 11.6 Å². The maximum absolute atomic E-state index is 9.48. The fraction of sp³-hybridized carbons (Fsp3) is 0.0909. The average molecular weight is 201 g/mol. The molecule has 0 fully saturated rings. The number of aryl methyl sites for hydroxylation is 1. The molecule has 0 saturated heterocycles. The van der Waals surface area contributed by atoms with E-state index in [1.165, 1.54) is 0 Å². The Hall–Kier alpha value is -2.10. The zero-order valence-electron chi connectivity index (χ0n) is 8.31. The Kier molecular flexibility index (Phi) is 2.25. The number of rotatable bonds is 1. The van der Waals surface area contributed by atoms with E-state index in [9.17, 15) is 5.11 Å². The molecule has 0 amide bonds. The SMILES string of the molecule is Cc1nc(N)c(O)cc1-c1ccncc1. The zero-order valence-corrected chi connectivity index (χ0v) is 8.31. The maximum atomic E-state index is 9.48. The molecule has 0 radical (unpaired) electrons. The van der Waals surface area contributed by atoms with Crippen LogP contribution in [0.3, 0.4) is 0 Å². The van der Waals surface area contributed by atoms with Crippen molar-refractivity contribution in [1.29, 1.82) is 0 Å². The molecule has 2 rings (SSSR count). The highest BCUT2D eigenvalue weighted by molar-refractivity contribution is 5.69. The van der Waals surface area contributed by atoms with Crippen LogP contribution in [0.1, 0.15) is 5.69 Å². The van der Waals surface area contributed by atoms with Gasteiger partial charge in [-0.2, -0.15) is 0 Å². The molecule has 0 atom stereocenters. The van der Waals surface area contributed by atoms with E-state index in [2.05, 4.69) is 9.97 Å². The van der Waals surface area contributed by atoms with Crippen molar-refractivity contribution in [3.8, 4) is 16.9 Å². The van der Waals surface area contributed by atoms with Gasteiger partial charge in [-0.1, -0.05) is 0 Å². The maximum Gasteiger partial charge on any atom is 0.166 e. The molecule has 0 aliphatic carbocycles. The fourth-order valence-electron chi connectivity index (χ4n) is 1.44. The highest BCUT2D eigenvalue weighted by Gasteiger charge is 2.07. The van der Waals surface area contributed by atoms with Gasteiger partial charge in [0.25, 0.3) is 0 Å². The normalized spacial score (nSPS) is 10.2. The molecule has 4 heteroatoms. The molecule has 15 heavy (non-hydrogen) atoms. The molecule has 0 aromatic carbocycles. The summed E-state index contributed by atoms with van der Waals surface area (Å²) in [6.45, 7) is 1.85. The second kappa shape index (κ2) is 3.57. The molecule has 0 spiro atoms. The number of nitrogen functional groups attached to an aromatic ring is 1. The Labute approximate surface area is 87.4 Å². The van der Waals surface area contributed by atoms with Crippen molar-refractivity contribution >= 4 is 5.82 Å². The number of nitrogens with two attached hydrogens (primary N) is 1. The van der Waals surface area contributed by atoms with Crippen LogP contribution in [0.15, 0.2) is 30.6 Å². The van der Waals surface area contributed by atoms with E-state index in [-0.39, 0.29) is 11.6 Å². The van der Waals surface area contributed by atoms with Crippen molar-refractivity contribution in [1.82, 2.24) is 9.97 Å². The molecule has 3 N–H and O–H groups in total. The predicted octanol–water partition coefficient (Wildman–Crippen LogP) is 1.74. The Morgan fingerprint density at radius 3 is 2.60 bits per heavy atom. The number of anilines is 1. The van der Waals surface area contributed by atoms with Crippen LogP contribution >= 0.6 is 0 Å². The number of nitrogens with zero attached hydrogens (tertiary/aromatic N) is 2. The van der Waals surface area contributed by atoms with Crippen LogP contribution in [0.25, 0.3) is 11.1 Å². The third-order valence-corrected chi connectivity index (χ3v) is 2.21. The lowest BCUT2D eigenvalue weighted by Gasteiger charge is -2.07. The summed E-state index contributed by atoms with van der Waals surface area (Å²) in [6, 6.07) is 5.34. The van der Waals surface area contributed by atoms with Crippen molar-refractivity contribution in [3.05, 3.63) is 36.3 Å².